The van der Waals surface area contributed by atoms with E-state index < -0.39 is 6.10 Å². The summed E-state index contributed by atoms with van der Waals surface area (Å²) in [6.45, 7) is 2.59. The van der Waals surface area contributed by atoms with Crippen LogP contribution in [0, 0.1) is 0 Å². The van der Waals surface area contributed by atoms with Gasteiger partial charge in [-0.3, -0.25) is 14.6 Å². The number of carbonyl (C=O) groups excluding carboxylic acids is 1. The highest BCUT2D eigenvalue weighted by atomic mass is 16.6. The monoisotopic (exact) mass is 339 g/mol. The number of nitrogens with zero attached hydrogens (tertiary/aromatic N) is 4. The van der Waals surface area contributed by atoms with E-state index in [2.05, 4.69) is 20.1 Å². The first-order valence-corrected chi connectivity index (χ1v) is 8.13. The summed E-state index contributed by atoms with van der Waals surface area (Å²) >= 11 is 0. The molecule has 25 heavy (non-hydrogen) atoms. The van der Waals surface area contributed by atoms with E-state index in [0.29, 0.717) is 42.2 Å². The third kappa shape index (κ3) is 2.90. The van der Waals surface area contributed by atoms with Gasteiger partial charge in [-0.25, -0.2) is 4.98 Å². The van der Waals surface area contributed by atoms with Crippen molar-refractivity contribution < 1.29 is 9.63 Å². The molecule has 1 atom stereocenters. The molecule has 2 aliphatic rings. The van der Waals surface area contributed by atoms with Crippen LogP contribution < -0.4 is 5.56 Å². The molecule has 128 valence electrons. The quantitative estimate of drug-likeness (QED) is 0.875. The number of carbonyl (C=O) groups is 1. The normalized spacial score (nSPS) is 19.2. The van der Waals surface area contributed by atoms with Crippen molar-refractivity contribution in [3.8, 4) is 11.5 Å². The molecular weight excluding hydrogens is 322 g/mol. The second kappa shape index (κ2) is 6.12. The van der Waals surface area contributed by atoms with Gasteiger partial charge in [0.25, 0.3) is 11.5 Å². The predicted molar refractivity (Wildman–Crippen MR) is 89.8 cm³/mol. The lowest BCUT2D eigenvalue weighted by Crippen LogP contribution is -2.44. The molecule has 2 aromatic heterocycles. The van der Waals surface area contributed by atoms with Gasteiger partial charge in [-0.1, -0.05) is 11.2 Å². The fourth-order valence-electron chi connectivity index (χ4n) is 3.08. The molecule has 4 heterocycles. The number of nitrogens with one attached hydrogen (secondary N) is 1. The molecular formula is C17H17N5O3. The zero-order valence-electron chi connectivity index (χ0n) is 13.7. The van der Waals surface area contributed by atoms with Crippen molar-refractivity contribution in [2.45, 2.75) is 32.4 Å². The Labute approximate surface area is 143 Å². The number of hydrogen-bond donors (Lipinski definition) is 1. The largest absolute Gasteiger partial charge is 0.382 e. The van der Waals surface area contributed by atoms with E-state index in [9.17, 15) is 9.59 Å². The highest BCUT2D eigenvalue weighted by Crippen LogP contribution is 2.20. The second-order valence-electron chi connectivity index (χ2n) is 6.19. The summed E-state index contributed by atoms with van der Waals surface area (Å²) in [6, 6.07) is 5.41. The number of rotatable bonds is 2. The smallest absolute Gasteiger partial charge is 0.267 e. The Balaban J connectivity index is 1.61. The van der Waals surface area contributed by atoms with Crippen LogP contribution in [-0.2, 0) is 22.6 Å². The van der Waals surface area contributed by atoms with Crippen molar-refractivity contribution in [1.82, 2.24) is 19.9 Å². The zero-order chi connectivity index (χ0) is 17.4. The lowest BCUT2D eigenvalue weighted by molar-refractivity contribution is -0.143. The lowest BCUT2D eigenvalue weighted by atomic mass is 10.0. The summed E-state index contributed by atoms with van der Waals surface area (Å²) in [5.41, 5.74) is 2.47. The molecule has 0 bridgehead atoms. The summed E-state index contributed by atoms with van der Waals surface area (Å²) < 4.78 is 0. The molecule has 0 aliphatic carbocycles. The maximum Gasteiger partial charge on any atom is 0.267 e. The van der Waals surface area contributed by atoms with Crippen LogP contribution in [0.5, 0.6) is 0 Å². The summed E-state index contributed by atoms with van der Waals surface area (Å²) in [7, 11) is 0. The average molecular weight is 339 g/mol. The topological polar surface area (TPSA) is 101 Å². The van der Waals surface area contributed by atoms with Crippen LogP contribution >= 0.6 is 0 Å². The van der Waals surface area contributed by atoms with Gasteiger partial charge in [0.2, 0.25) is 6.10 Å². The summed E-state index contributed by atoms with van der Waals surface area (Å²) in [6.07, 6.45) is 2.05. The standard InChI is InChI=1S/C17H17N5O3/c1-10-8-14(25-21-10)17(24)22-7-5-11-13(9-22)19-15(20-16(11)23)12-4-2-3-6-18-12/h2-4,6,14H,5,7-9H2,1H3,(H,19,20,23)/t14-/m0/s1. The van der Waals surface area contributed by atoms with Crippen LogP contribution in [-0.4, -0.2) is 44.1 Å². The Bertz CT molecular complexity index is 906. The van der Waals surface area contributed by atoms with Gasteiger partial charge in [-0.15, -0.1) is 0 Å². The van der Waals surface area contributed by atoms with Crippen LogP contribution in [0.25, 0.3) is 11.5 Å². The second-order valence-corrected chi connectivity index (χ2v) is 6.19. The van der Waals surface area contributed by atoms with E-state index in [1.807, 2.05) is 13.0 Å². The number of H-pyrrole nitrogens is 1. The van der Waals surface area contributed by atoms with Gasteiger partial charge in [0.1, 0.15) is 5.69 Å². The van der Waals surface area contributed by atoms with Gasteiger partial charge in [-0.2, -0.15) is 0 Å². The Morgan fingerprint density at radius 3 is 3.00 bits per heavy atom. The van der Waals surface area contributed by atoms with Crippen molar-refractivity contribution in [3.63, 3.8) is 0 Å². The molecule has 0 radical (unpaired) electrons. The Hall–Kier alpha value is -3.03. The van der Waals surface area contributed by atoms with Gasteiger partial charge in [0, 0.05) is 24.7 Å². The molecule has 0 saturated carbocycles. The molecule has 8 heteroatoms. The van der Waals surface area contributed by atoms with Crippen LogP contribution in [0.15, 0.2) is 34.3 Å². The van der Waals surface area contributed by atoms with Gasteiger partial charge in [0.15, 0.2) is 5.82 Å². The van der Waals surface area contributed by atoms with E-state index >= 15 is 0 Å². The van der Waals surface area contributed by atoms with E-state index in [1.54, 1.807) is 23.2 Å². The van der Waals surface area contributed by atoms with Crippen LogP contribution in [0.1, 0.15) is 24.6 Å². The first-order valence-electron chi connectivity index (χ1n) is 8.13. The summed E-state index contributed by atoms with van der Waals surface area (Å²) in [4.78, 5) is 43.4. The molecule has 0 spiro atoms. The van der Waals surface area contributed by atoms with Gasteiger partial charge < -0.3 is 14.7 Å². The van der Waals surface area contributed by atoms with E-state index in [1.165, 1.54) is 0 Å². The Kier molecular flexibility index (Phi) is 3.79. The highest BCUT2D eigenvalue weighted by molar-refractivity contribution is 5.91. The molecule has 0 aromatic carbocycles. The molecule has 2 aromatic rings. The minimum absolute atomic E-state index is 0.118. The SMILES string of the molecule is CC1=NO[C@H](C(=O)N2CCc3c(nc(-c4ccccn4)[nH]c3=O)C2)C1. The molecule has 1 N–H and O–H groups in total. The third-order valence-corrected chi connectivity index (χ3v) is 4.38. The lowest BCUT2D eigenvalue weighted by Gasteiger charge is -2.29. The number of oxime groups is 1. The van der Waals surface area contributed by atoms with Gasteiger partial charge in [0.05, 0.1) is 18.0 Å². The van der Waals surface area contributed by atoms with Gasteiger partial charge in [-0.05, 0) is 25.5 Å². The Morgan fingerprint density at radius 1 is 1.40 bits per heavy atom. The number of fused-ring (bicyclic) bond motifs is 1. The number of amides is 1. The zero-order valence-corrected chi connectivity index (χ0v) is 13.7. The minimum atomic E-state index is -0.571. The maximum atomic E-state index is 12.6. The van der Waals surface area contributed by atoms with Crippen LogP contribution in [0.4, 0.5) is 0 Å². The van der Waals surface area contributed by atoms with Crippen molar-refractivity contribution in [2.24, 2.45) is 5.16 Å². The van der Waals surface area contributed by atoms with Crippen LogP contribution in [0.3, 0.4) is 0 Å². The first kappa shape index (κ1) is 15.5. The molecule has 0 fully saturated rings. The minimum Gasteiger partial charge on any atom is -0.382 e. The third-order valence-electron chi connectivity index (χ3n) is 4.38. The fourth-order valence-corrected chi connectivity index (χ4v) is 3.08. The molecule has 1 amide bonds. The Morgan fingerprint density at radius 2 is 2.28 bits per heavy atom. The number of pyridine rings is 1. The number of aromatic nitrogens is 3. The van der Waals surface area contributed by atoms with E-state index in [0.717, 1.165) is 5.71 Å². The van der Waals surface area contributed by atoms with E-state index in [4.69, 9.17) is 4.84 Å². The van der Waals surface area contributed by atoms with Crippen molar-refractivity contribution in [1.29, 1.82) is 0 Å². The van der Waals surface area contributed by atoms with Gasteiger partial charge >= 0.3 is 0 Å². The van der Waals surface area contributed by atoms with Crippen molar-refractivity contribution in [3.05, 3.63) is 46.0 Å². The average Bonchev–Trinajstić information content (AvgIpc) is 3.07. The van der Waals surface area contributed by atoms with Crippen molar-refractivity contribution in [2.75, 3.05) is 6.54 Å². The highest BCUT2D eigenvalue weighted by Gasteiger charge is 2.33. The molecule has 0 unspecified atom stereocenters. The predicted octanol–water partition coefficient (Wildman–Crippen LogP) is 0.881. The number of hydrogen-bond acceptors (Lipinski definition) is 6. The fraction of sp³-hybridized carbons (Fsp3) is 0.353. The first-order chi connectivity index (χ1) is 12.1. The van der Waals surface area contributed by atoms with E-state index in [-0.39, 0.29) is 18.0 Å². The molecule has 4 rings (SSSR count). The molecule has 8 nitrogen and oxygen atoms in total. The maximum absolute atomic E-state index is 12.6. The summed E-state index contributed by atoms with van der Waals surface area (Å²) in [5.74, 6) is 0.294. The van der Waals surface area contributed by atoms with Crippen LogP contribution in [0.2, 0.25) is 0 Å². The number of aromatic amines is 1. The van der Waals surface area contributed by atoms with Crippen molar-refractivity contribution >= 4 is 11.6 Å². The molecule has 2 aliphatic heterocycles. The molecule has 0 saturated heterocycles. The summed E-state index contributed by atoms with van der Waals surface area (Å²) in [5, 5.41) is 3.84.